The molecule has 0 aromatic carbocycles. The summed E-state index contributed by atoms with van der Waals surface area (Å²) in [6, 6.07) is 0. The third-order valence-corrected chi connectivity index (χ3v) is 1.64. The first-order chi connectivity index (χ1) is 5.29. The number of rotatable bonds is 3. The lowest BCUT2D eigenvalue weighted by atomic mass is 10.4. The molecule has 0 N–H and O–H groups in total. The van der Waals surface area contributed by atoms with Crippen molar-refractivity contribution in [1.82, 2.24) is 9.55 Å². The zero-order valence-electron chi connectivity index (χ0n) is 6.87. The summed E-state index contributed by atoms with van der Waals surface area (Å²) in [5.74, 6) is 0.532. The minimum atomic E-state index is 0.532. The molecule has 60 valence electrons. The first-order valence-corrected chi connectivity index (χ1v) is 3.77. The van der Waals surface area contributed by atoms with E-state index in [-0.39, 0.29) is 0 Å². The van der Waals surface area contributed by atoms with E-state index in [9.17, 15) is 4.79 Å². The third-order valence-electron chi connectivity index (χ3n) is 1.64. The van der Waals surface area contributed by atoms with Gasteiger partial charge >= 0.3 is 0 Å². The van der Waals surface area contributed by atoms with Crippen LogP contribution in [0, 0.1) is 6.92 Å². The van der Waals surface area contributed by atoms with Gasteiger partial charge in [-0.3, -0.25) is 4.79 Å². The highest BCUT2D eigenvalue weighted by Crippen LogP contribution is 2.02. The van der Waals surface area contributed by atoms with Crippen molar-refractivity contribution in [2.75, 3.05) is 0 Å². The Bertz CT molecular complexity index is 253. The van der Waals surface area contributed by atoms with Gasteiger partial charge in [-0.05, 0) is 13.3 Å². The summed E-state index contributed by atoms with van der Waals surface area (Å²) in [6.07, 6.45) is 3.54. The monoisotopic (exact) mass is 152 g/mol. The fourth-order valence-corrected chi connectivity index (χ4v) is 1.09. The molecule has 1 aromatic heterocycles. The Morgan fingerprint density at radius 2 is 2.45 bits per heavy atom. The largest absolute Gasteiger partial charge is 0.326 e. The van der Waals surface area contributed by atoms with Crippen LogP contribution in [-0.4, -0.2) is 15.8 Å². The lowest BCUT2D eigenvalue weighted by Crippen LogP contribution is -2.03. The number of aryl methyl sites for hydroxylation is 1. The van der Waals surface area contributed by atoms with Crippen LogP contribution in [0.25, 0.3) is 0 Å². The Kier molecular flexibility index (Phi) is 2.41. The van der Waals surface area contributed by atoms with E-state index in [2.05, 4.69) is 11.9 Å². The number of carbonyl (C=O) groups excluding carboxylic acids is 1. The van der Waals surface area contributed by atoms with Crippen molar-refractivity contribution in [3.05, 3.63) is 17.7 Å². The van der Waals surface area contributed by atoms with Gasteiger partial charge in [0.05, 0.1) is 0 Å². The van der Waals surface area contributed by atoms with Crippen LogP contribution in [0.1, 0.15) is 29.7 Å². The molecule has 3 heteroatoms. The number of aldehydes is 1. The number of imidazole rings is 1. The summed E-state index contributed by atoms with van der Waals surface area (Å²) in [4.78, 5) is 14.4. The first kappa shape index (κ1) is 7.98. The van der Waals surface area contributed by atoms with E-state index < -0.39 is 0 Å². The topological polar surface area (TPSA) is 34.9 Å². The molecule has 0 unspecified atom stereocenters. The summed E-state index contributed by atoms with van der Waals surface area (Å²) >= 11 is 0. The predicted molar refractivity (Wildman–Crippen MR) is 42.6 cm³/mol. The van der Waals surface area contributed by atoms with Gasteiger partial charge in [-0.25, -0.2) is 4.98 Å². The number of hydrogen-bond acceptors (Lipinski definition) is 2. The van der Waals surface area contributed by atoms with Crippen LogP contribution >= 0.6 is 0 Å². The standard InChI is InChI=1S/C8H12N2O/c1-3-4-10-7(2)5-9-8(10)6-11/h5-6H,3-4H2,1-2H3. The van der Waals surface area contributed by atoms with E-state index in [4.69, 9.17) is 0 Å². The van der Waals surface area contributed by atoms with Crippen LogP contribution in [-0.2, 0) is 6.54 Å². The SMILES string of the molecule is CCCn1c(C)cnc1C=O. The van der Waals surface area contributed by atoms with Crippen molar-refractivity contribution in [1.29, 1.82) is 0 Å². The molecule has 1 rings (SSSR count). The summed E-state index contributed by atoms with van der Waals surface area (Å²) in [6.45, 7) is 4.91. The second kappa shape index (κ2) is 3.32. The van der Waals surface area contributed by atoms with Crippen molar-refractivity contribution in [3.8, 4) is 0 Å². The third kappa shape index (κ3) is 1.48. The number of nitrogens with zero attached hydrogens (tertiary/aromatic N) is 2. The van der Waals surface area contributed by atoms with Gasteiger partial charge in [-0.15, -0.1) is 0 Å². The number of hydrogen-bond donors (Lipinski definition) is 0. The second-order valence-corrected chi connectivity index (χ2v) is 2.53. The maximum atomic E-state index is 10.4. The minimum absolute atomic E-state index is 0.532. The first-order valence-electron chi connectivity index (χ1n) is 3.77. The van der Waals surface area contributed by atoms with Gasteiger partial charge in [-0.2, -0.15) is 0 Å². The van der Waals surface area contributed by atoms with Gasteiger partial charge in [0.15, 0.2) is 12.1 Å². The Hall–Kier alpha value is -1.12. The zero-order valence-corrected chi connectivity index (χ0v) is 6.87. The highest BCUT2D eigenvalue weighted by Gasteiger charge is 2.02. The quantitative estimate of drug-likeness (QED) is 0.614. The molecule has 0 aliphatic rings. The van der Waals surface area contributed by atoms with Crippen LogP contribution in [0.3, 0.4) is 0 Å². The normalized spacial score (nSPS) is 10.0. The van der Waals surface area contributed by atoms with Crippen LogP contribution in [0.15, 0.2) is 6.20 Å². The molecule has 0 bridgehead atoms. The summed E-state index contributed by atoms with van der Waals surface area (Å²) in [5.41, 5.74) is 1.05. The van der Waals surface area contributed by atoms with Gasteiger partial charge in [-0.1, -0.05) is 6.92 Å². The van der Waals surface area contributed by atoms with Gasteiger partial charge in [0, 0.05) is 18.4 Å². The van der Waals surface area contributed by atoms with E-state index >= 15 is 0 Å². The molecule has 0 spiro atoms. The van der Waals surface area contributed by atoms with Crippen molar-refractivity contribution >= 4 is 6.29 Å². The molecule has 0 fully saturated rings. The maximum Gasteiger partial charge on any atom is 0.185 e. The summed E-state index contributed by atoms with van der Waals surface area (Å²) in [7, 11) is 0. The average molecular weight is 152 g/mol. The summed E-state index contributed by atoms with van der Waals surface area (Å²) < 4.78 is 1.92. The molecule has 1 aromatic rings. The van der Waals surface area contributed by atoms with E-state index in [1.165, 1.54) is 0 Å². The molecular formula is C8H12N2O. The molecule has 1 heterocycles. The molecule has 0 amide bonds. The van der Waals surface area contributed by atoms with Crippen molar-refractivity contribution in [3.63, 3.8) is 0 Å². The van der Waals surface area contributed by atoms with Crippen molar-refractivity contribution < 1.29 is 4.79 Å². The average Bonchev–Trinajstić information content (AvgIpc) is 2.34. The van der Waals surface area contributed by atoms with Crippen molar-refractivity contribution in [2.24, 2.45) is 0 Å². The van der Waals surface area contributed by atoms with E-state index in [0.717, 1.165) is 24.9 Å². The molecular weight excluding hydrogens is 140 g/mol. The van der Waals surface area contributed by atoms with Gasteiger partial charge in [0.1, 0.15) is 0 Å². The zero-order chi connectivity index (χ0) is 8.27. The second-order valence-electron chi connectivity index (χ2n) is 2.53. The smallest absolute Gasteiger partial charge is 0.185 e. The Labute approximate surface area is 66.1 Å². The molecule has 0 aliphatic heterocycles. The van der Waals surface area contributed by atoms with Gasteiger partial charge in [0.2, 0.25) is 0 Å². The number of aromatic nitrogens is 2. The van der Waals surface area contributed by atoms with Gasteiger partial charge < -0.3 is 4.57 Å². The summed E-state index contributed by atoms with van der Waals surface area (Å²) in [5, 5.41) is 0. The van der Waals surface area contributed by atoms with E-state index in [1.54, 1.807) is 6.20 Å². The number of carbonyl (C=O) groups is 1. The van der Waals surface area contributed by atoms with Crippen LogP contribution in [0.5, 0.6) is 0 Å². The fraction of sp³-hybridized carbons (Fsp3) is 0.500. The van der Waals surface area contributed by atoms with Crippen molar-refractivity contribution in [2.45, 2.75) is 26.8 Å². The molecule has 0 saturated carbocycles. The molecule has 0 saturated heterocycles. The highest BCUT2D eigenvalue weighted by atomic mass is 16.1. The van der Waals surface area contributed by atoms with Gasteiger partial charge in [0.25, 0.3) is 0 Å². The fourth-order valence-electron chi connectivity index (χ4n) is 1.09. The lowest BCUT2D eigenvalue weighted by Gasteiger charge is -2.02. The molecule has 0 aliphatic carbocycles. The molecule has 0 atom stereocenters. The Balaban J connectivity index is 2.97. The molecule has 0 radical (unpaired) electrons. The van der Waals surface area contributed by atoms with E-state index in [1.807, 2.05) is 11.5 Å². The molecule has 3 nitrogen and oxygen atoms in total. The maximum absolute atomic E-state index is 10.4. The predicted octanol–water partition coefficient (Wildman–Crippen LogP) is 1.41. The van der Waals surface area contributed by atoms with E-state index in [0.29, 0.717) is 5.82 Å². The van der Waals surface area contributed by atoms with Crippen LogP contribution in [0.2, 0.25) is 0 Å². The molecule has 11 heavy (non-hydrogen) atoms. The highest BCUT2D eigenvalue weighted by molar-refractivity contribution is 5.69. The Morgan fingerprint density at radius 1 is 1.73 bits per heavy atom. The lowest BCUT2D eigenvalue weighted by molar-refractivity contribution is 0.111. The van der Waals surface area contributed by atoms with Crippen LogP contribution < -0.4 is 0 Å². The van der Waals surface area contributed by atoms with Crippen LogP contribution in [0.4, 0.5) is 0 Å². The minimum Gasteiger partial charge on any atom is -0.326 e. The Morgan fingerprint density at radius 3 is 3.00 bits per heavy atom.